The van der Waals surface area contributed by atoms with Gasteiger partial charge in [0.15, 0.2) is 0 Å². The van der Waals surface area contributed by atoms with Gasteiger partial charge in [0.2, 0.25) is 0 Å². The van der Waals surface area contributed by atoms with Crippen LogP contribution in [0.2, 0.25) is 0 Å². The highest BCUT2D eigenvalue weighted by molar-refractivity contribution is 5.70. The number of carboxylic acid groups (broad SMARTS) is 1. The molecule has 0 amide bonds. The fraction of sp³-hybridized carbons (Fsp3) is 0.429. The second-order valence-electron chi connectivity index (χ2n) is 4.36. The standard InChI is InChI=1S/C14H18O5/c1-4-5-10-9(3)11(6-12(16)17)14(18)19-13(10)8(2)7-15/h5,15H,4,6-7H2,1-3H3,(H,16,17)/b10-5-,13-8+. The Balaban J connectivity index is 3.81. The van der Waals surface area contributed by atoms with E-state index in [9.17, 15) is 14.7 Å². The zero-order chi connectivity index (χ0) is 14.6. The van der Waals surface area contributed by atoms with Gasteiger partial charge in [-0.2, -0.15) is 0 Å². The summed E-state index contributed by atoms with van der Waals surface area (Å²) in [6, 6.07) is 0. The lowest BCUT2D eigenvalue weighted by atomic mass is 10.0. The first kappa shape index (κ1) is 15.2. The summed E-state index contributed by atoms with van der Waals surface area (Å²) in [5, 5.41) is 18.7. The van der Waals surface area contributed by atoms with Gasteiger partial charge in [0.1, 0.15) is 5.42 Å². The number of aliphatic carboxylic acids is 1. The fourth-order valence-corrected chi connectivity index (χ4v) is 1.89. The summed E-state index contributed by atoms with van der Waals surface area (Å²) >= 11 is 0. The van der Waals surface area contributed by atoms with E-state index < -0.39 is 11.6 Å². The summed E-state index contributed by atoms with van der Waals surface area (Å²) in [4.78, 5) is 22.6. The van der Waals surface area contributed by atoms with Gasteiger partial charge in [-0.05, 0) is 31.4 Å². The molecule has 104 valence electrons. The fourth-order valence-electron chi connectivity index (χ4n) is 1.89. The Morgan fingerprint density at radius 2 is 2.05 bits per heavy atom. The molecule has 0 saturated heterocycles. The molecular formula is C14H18O5. The van der Waals surface area contributed by atoms with E-state index in [4.69, 9.17) is 9.52 Å². The number of aliphatic hydroxyl groups excluding tert-OH is 1. The first-order valence-electron chi connectivity index (χ1n) is 6.07. The predicted molar refractivity (Wildman–Crippen MR) is 71.2 cm³/mol. The molecule has 1 aromatic heterocycles. The summed E-state index contributed by atoms with van der Waals surface area (Å²) in [5.41, 5.74) is 0.976. The van der Waals surface area contributed by atoms with Crippen LogP contribution in [0.1, 0.15) is 31.4 Å². The van der Waals surface area contributed by atoms with Crippen LogP contribution >= 0.6 is 0 Å². The molecule has 2 N–H and O–H groups in total. The minimum atomic E-state index is -1.08. The van der Waals surface area contributed by atoms with E-state index in [1.54, 1.807) is 13.8 Å². The Kier molecular flexibility index (Phi) is 5.06. The van der Waals surface area contributed by atoms with E-state index in [2.05, 4.69) is 0 Å². The summed E-state index contributed by atoms with van der Waals surface area (Å²) in [5.74, 6) is -1.08. The maximum Gasteiger partial charge on any atom is 0.340 e. The van der Waals surface area contributed by atoms with E-state index >= 15 is 0 Å². The van der Waals surface area contributed by atoms with Crippen LogP contribution in [-0.2, 0) is 11.2 Å². The third kappa shape index (κ3) is 3.32. The third-order valence-corrected chi connectivity index (χ3v) is 2.90. The van der Waals surface area contributed by atoms with Crippen molar-refractivity contribution in [2.24, 2.45) is 0 Å². The molecule has 0 saturated carbocycles. The zero-order valence-corrected chi connectivity index (χ0v) is 11.3. The van der Waals surface area contributed by atoms with E-state index in [0.29, 0.717) is 28.2 Å². The van der Waals surface area contributed by atoms with Crippen LogP contribution in [0.15, 0.2) is 9.21 Å². The van der Waals surface area contributed by atoms with E-state index in [-0.39, 0.29) is 18.6 Å². The van der Waals surface area contributed by atoms with Crippen molar-refractivity contribution in [2.75, 3.05) is 6.61 Å². The topological polar surface area (TPSA) is 87.7 Å². The van der Waals surface area contributed by atoms with Gasteiger partial charge in [0, 0.05) is 5.22 Å². The van der Waals surface area contributed by atoms with Crippen LogP contribution in [0.4, 0.5) is 0 Å². The van der Waals surface area contributed by atoms with Crippen LogP contribution in [0.25, 0.3) is 11.6 Å². The SMILES string of the molecule is CC/C=c1/c(C)c(CC(=O)O)c(=O)o/c1=C(\C)CO. The lowest BCUT2D eigenvalue weighted by Gasteiger charge is -2.05. The molecule has 19 heavy (non-hydrogen) atoms. The van der Waals surface area contributed by atoms with Crippen molar-refractivity contribution < 1.29 is 19.4 Å². The molecule has 1 rings (SSSR count). The van der Waals surface area contributed by atoms with Gasteiger partial charge >= 0.3 is 11.6 Å². The highest BCUT2D eigenvalue weighted by Crippen LogP contribution is 1.98. The average molecular weight is 266 g/mol. The second kappa shape index (κ2) is 6.33. The average Bonchev–Trinajstić information content (AvgIpc) is 2.36. The predicted octanol–water partition coefficient (Wildman–Crippen LogP) is -0.0713. The monoisotopic (exact) mass is 266 g/mol. The molecular weight excluding hydrogens is 248 g/mol. The summed E-state index contributed by atoms with van der Waals surface area (Å²) in [6.07, 6.45) is 2.21. The van der Waals surface area contributed by atoms with Crippen LogP contribution in [0, 0.1) is 6.92 Å². The van der Waals surface area contributed by atoms with Crippen molar-refractivity contribution in [1.82, 2.24) is 0 Å². The van der Waals surface area contributed by atoms with Crippen LogP contribution in [0.5, 0.6) is 0 Å². The Bertz CT molecular complexity index is 652. The molecule has 0 aliphatic rings. The normalized spacial score (nSPS) is 13.6. The molecule has 5 nitrogen and oxygen atoms in total. The number of carboxylic acids is 1. The van der Waals surface area contributed by atoms with Gasteiger partial charge in [-0.25, -0.2) is 4.79 Å². The van der Waals surface area contributed by atoms with Gasteiger partial charge in [0.25, 0.3) is 0 Å². The largest absolute Gasteiger partial charge is 0.481 e. The smallest absolute Gasteiger partial charge is 0.340 e. The quantitative estimate of drug-likeness (QED) is 0.796. The number of hydrogen-bond donors (Lipinski definition) is 2. The minimum Gasteiger partial charge on any atom is -0.481 e. The molecule has 0 aromatic carbocycles. The van der Waals surface area contributed by atoms with Gasteiger partial charge in [0.05, 0.1) is 18.6 Å². The maximum atomic E-state index is 11.8. The molecule has 0 aliphatic carbocycles. The number of aliphatic hydroxyl groups is 1. The molecule has 0 fully saturated rings. The first-order valence-corrected chi connectivity index (χ1v) is 6.07. The number of carbonyl (C=O) groups is 1. The van der Waals surface area contributed by atoms with Crippen molar-refractivity contribution in [2.45, 2.75) is 33.6 Å². The maximum absolute atomic E-state index is 11.8. The highest BCUT2D eigenvalue weighted by Gasteiger charge is 2.13. The molecule has 0 radical (unpaired) electrons. The number of hydrogen-bond acceptors (Lipinski definition) is 4. The lowest BCUT2D eigenvalue weighted by molar-refractivity contribution is -0.136. The Morgan fingerprint density at radius 3 is 2.53 bits per heavy atom. The molecule has 5 heteroatoms. The highest BCUT2D eigenvalue weighted by atomic mass is 16.4. The zero-order valence-electron chi connectivity index (χ0n) is 11.3. The van der Waals surface area contributed by atoms with E-state index in [1.165, 1.54) is 0 Å². The molecule has 0 unspecified atom stereocenters. The minimum absolute atomic E-state index is 0.154. The lowest BCUT2D eigenvalue weighted by Crippen LogP contribution is -2.37. The van der Waals surface area contributed by atoms with Crippen LogP contribution in [0.3, 0.4) is 0 Å². The molecule has 0 bridgehead atoms. The van der Waals surface area contributed by atoms with Crippen molar-refractivity contribution in [1.29, 1.82) is 0 Å². The summed E-state index contributed by atoms with van der Waals surface area (Å²) < 4.78 is 5.18. The Hall–Kier alpha value is -1.88. The van der Waals surface area contributed by atoms with E-state index in [0.717, 1.165) is 0 Å². The summed E-state index contributed by atoms with van der Waals surface area (Å²) in [7, 11) is 0. The van der Waals surface area contributed by atoms with Crippen LogP contribution < -0.4 is 16.3 Å². The molecule has 1 aromatic rings. The van der Waals surface area contributed by atoms with Crippen molar-refractivity contribution in [3.05, 3.63) is 32.2 Å². The van der Waals surface area contributed by atoms with Crippen molar-refractivity contribution in [3.63, 3.8) is 0 Å². The second-order valence-corrected chi connectivity index (χ2v) is 4.36. The van der Waals surface area contributed by atoms with Gasteiger partial charge in [-0.15, -0.1) is 0 Å². The molecule has 0 aliphatic heterocycles. The number of rotatable bonds is 4. The van der Waals surface area contributed by atoms with E-state index in [1.807, 2.05) is 13.0 Å². The van der Waals surface area contributed by atoms with Crippen molar-refractivity contribution >= 4 is 17.6 Å². The van der Waals surface area contributed by atoms with Gasteiger partial charge in [-0.1, -0.05) is 13.0 Å². The van der Waals surface area contributed by atoms with Gasteiger partial charge in [-0.3, -0.25) is 4.79 Å². The molecule has 0 atom stereocenters. The Morgan fingerprint density at radius 1 is 1.42 bits per heavy atom. The molecule has 1 heterocycles. The Labute approximate surface area is 110 Å². The summed E-state index contributed by atoms with van der Waals surface area (Å²) in [6.45, 7) is 5.08. The van der Waals surface area contributed by atoms with Crippen molar-refractivity contribution in [3.8, 4) is 0 Å². The van der Waals surface area contributed by atoms with Crippen LogP contribution in [-0.4, -0.2) is 22.8 Å². The first-order chi connectivity index (χ1) is 8.92. The van der Waals surface area contributed by atoms with Gasteiger partial charge < -0.3 is 14.6 Å². The third-order valence-electron chi connectivity index (χ3n) is 2.90. The molecule has 0 spiro atoms.